The molecule has 1 saturated heterocycles. The standard InChI is InChI=1S/C12H14N2O/c1-2-11-12(15-8-14-11)7-10(1)9-3-5-13-6-4-9/h1-2,7-9,13H,3-6H2. The van der Waals surface area contributed by atoms with Crippen LogP contribution in [-0.4, -0.2) is 18.1 Å². The van der Waals surface area contributed by atoms with Crippen molar-refractivity contribution in [3.05, 3.63) is 30.2 Å². The predicted molar refractivity (Wildman–Crippen MR) is 58.9 cm³/mol. The zero-order valence-electron chi connectivity index (χ0n) is 8.57. The highest BCUT2D eigenvalue weighted by Gasteiger charge is 2.15. The Morgan fingerprint density at radius 2 is 2.13 bits per heavy atom. The van der Waals surface area contributed by atoms with Crippen molar-refractivity contribution in [2.24, 2.45) is 0 Å². The lowest BCUT2D eigenvalue weighted by molar-refractivity contribution is 0.460. The smallest absolute Gasteiger partial charge is 0.181 e. The first-order chi connectivity index (χ1) is 7.43. The number of benzene rings is 1. The van der Waals surface area contributed by atoms with Crippen LogP contribution in [-0.2, 0) is 0 Å². The molecule has 0 bridgehead atoms. The summed E-state index contributed by atoms with van der Waals surface area (Å²) in [6.45, 7) is 2.25. The van der Waals surface area contributed by atoms with Crippen LogP contribution in [0.1, 0.15) is 24.3 Å². The second kappa shape index (κ2) is 3.66. The summed E-state index contributed by atoms with van der Waals surface area (Å²) in [7, 11) is 0. The molecule has 3 heteroatoms. The van der Waals surface area contributed by atoms with Gasteiger partial charge in [-0.15, -0.1) is 0 Å². The van der Waals surface area contributed by atoms with Crippen molar-refractivity contribution in [1.29, 1.82) is 0 Å². The first-order valence-electron chi connectivity index (χ1n) is 5.47. The van der Waals surface area contributed by atoms with E-state index in [1.165, 1.54) is 24.8 Å². The molecule has 1 aliphatic rings. The van der Waals surface area contributed by atoms with Crippen molar-refractivity contribution >= 4 is 11.1 Å². The van der Waals surface area contributed by atoms with E-state index in [0.29, 0.717) is 5.92 Å². The lowest BCUT2D eigenvalue weighted by atomic mass is 9.90. The maximum atomic E-state index is 5.32. The third kappa shape index (κ3) is 1.63. The van der Waals surface area contributed by atoms with E-state index in [9.17, 15) is 0 Å². The minimum atomic E-state index is 0.681. The topological polar surface area (TPSA) is 38.1 Å². The van der Waals surface area contributed by atoms with E-state index < -0.39 is 0 Å². The van der Waals surface area contributed by atoms with Crippen molar-refractivity contribution < 1.29 is 4.42 Å². The van der Waals surface area contributed by atoms with Crippen LogP contribution in [0.2, 0.25) is 0 Å². The van der Waals surface area contributed by atoms with Crippen molar-refractivity contribution in [3.8, 4) is 0 Å². The number of fused-ring (bicyclic) bond motifs is 1. The maximum absolute atomic E-state index is 5.32. The first kappa shape index (κ1) is 8.92. The molecule has 1 N–H and O–H groups in total. The fourth-order valence-corrected chi connectivity index (χ4v) is 2.28. The zero-order chi connectivity index (χ0) is 10.1. The van der Waals surface area contributed by atoms with Crippen LogP contribution < -0.4 is 5.32 Å². The third-order valence-corrected chi connectivity index (χ3v) is 3.17. The lowest BCUT2D eigenvalue weighted by Crippen LogP contribution is -2.26. The van der Waals surface area contributed by atoms with Gasteiger partial charge in [0.15, 0.2) is 12.0 Å². The van der Waals surface area contributed by atoms with Crippen LogP contribution in [0.3, 0.4) is 0 Å². The number of rotatable bonds is 1. The third-order valence-electron chi connectivity index (χ3n) is 3.17. The molecule has 3 nitrogen and oxygen atoms in total. The summed E-state index contributed by atoms with van der Waals surface area (Å²) in [4.78, 5) is 4.13. The average Bonchev–Trinajstić information content (AvgIpc) is 2.77. The van der Waals surface area contributed by atoms with Gasteiger partial charge in [0, 0.05) is 0 Å². The van der Waals surface area contributed by atoms with Gasteiger partial charge in [0.2, 0.25) is 0 Å². The van der Waals surface area contributed by atoms with Crippen LogP contribution in [0, 0.1) is 0 Å². The van der Waals surface area contributed by atoms with Gasteiger partial charge in [-0.1, -0.05) is 6.07 Å². The summed E-state index contributed by atoms with van der Waals surface area (Å²) in [6, 6.07) is 6.37. The summed E-state index contributed by atoms with van der Waals surface area (Å²) < 4.78 is 5.32. The van der Waals surface area contributed by atoms with Crippen LogP contribution in [0.4, 0.5) is 0 Å². The summed E-state index contributed by atoms with van der Waals surface area (Å²) in [5.41, 5.74) is 3.25. The van der Waals surface area contributed by atoms with E-state index in [0.717, 1.165) is 24.2 Å². The Morgan fingerprint density at radius 3 is 3.00 bits per heavy atom. The molecule has 2 heterocycles. The molecular formula is C12H14N2O. The van der Waals surface area contributed by atoms with Crippen molar-refractivity contribution in [3.63, 3.8) is 0 Å². The molecular weight excluding hydrogens is 188 g/mol. The molecule has 3 rings (SSSR count). The molecule has 1 aromatic carbocycles. The van der Waals surface area contributed by atoms with Crippen LogP contribution in [0.15, 0.2) is 29.0 Å². The molecule has 2 aromatic rings. The van der Waals surface area contributed by atoms with E-state index in [1.807, 2.05) is 0 Å². The van der Waals surface area contributed by atoms with Crippen LogP contribution >= 0.6 is 0 Å². The van der Waals surface area contributed by atoms with E-state index in [1.54, 1.807) is 0 Å². The van der Waals surface area contributed by atoms with E-state index in [-0.39, 0.29) is 0 Å². The number of nitrogens with zero attached hydrogens (tertiary/aromatic N) is 1. The molecule has 0 radical (unpaired) electrons. The maximum Gasteiger partial charge on any atom is 0.181 e. The summed E-state index contributed by atoms with van der Waals surface area (Å²) >= 11 is 0. The highest BCUT2D eigenvalue weighted by Crippen LogP contribution is 2.27. The van der Waals surface area contributed by atoms with Gasteiger partial charge in [0.25, 0.3) is 0 Å². The van der Waals surface area contributed by atoms with Gasteiger partial charge in [-0.3, -0.25) is 0 Å². The van der Waals surface area contributed by atoms with E-state index >= 15 is 0 Å². The van der Waals surface area contributed by atoms with Gasteiger partial charge in [-0.2, -0.15) is 0 Å². The van der Waals surface area contributed by atoms with Gasteiger partial charge in [-0.05, 0) is 49.5 Å². The molecule has 1 aliphatic heterocycles. The largest absolute Gasteiger partial charge is 0.443 e. The molecule has 0 amide bonds. The molecule has 1 fully saturated rings. The molecule has 1 aromatic heterocycles. The summed E-state index contributed by atoms with van der Waals surface area (Å²) in [6.07, 6.45) is 3.95. The minimum absolute atomic E-state index is 0.681. The van der Waals surface area contributed by atoms with Gasteiger partial charge in [0.05, 0.1) is 0 Å². The highest BCUT2D eigenvalue weighted by molar-refractivity contribution is 5.72. The Morgan fingerprint density at radius 1 is 1.27 bits per heavy atom. The molecule has 0 aliphatic carbocycles. The van der Waals surface area contributed by atoms with Crippen LogP contribution in [0.5, 0.6) is 0 Å². The van der Waals surface area contributed by atoms with Crippen molar-refractivity contribution in [2.75, 3.05) is 13.1 Å². The zero-order valence-corrected chi connectivity index (χ0v) is 8.57. The Labute approximate surface area is 88.5 Å². The quantitative estimate of drug-likeness (QED) is 0.771. The Kier molecular flexibility index (Phi) is 2.18. The van der Waals surface area contributed by atoms with Gasteiger partial charge in [-0.25, -0.2) is 4.98 Å². The second-order valence-electron chi connectivity index (χ2n) is 4.10. The number of nitrogens with one attached hydrogen (secondary N) is 1. The second-order valence-corrected chi connectivity index (χ2v) is 4.10. The normalized spacial score (nSPS) is 18.4. The number of oxazole rings is 1. The molecule has 15 heavy (non-hydrogen) atoms. The number of hydrogen-bond donors (Lipinski definition) is 1. The molecule has 0 spiro atoms. The number of hydrogen-bond acceptors (Lipinski definition) is 3. The molecule has 0 unspecified atom stereocenters. The van der Waals surface area contributed by atoms with Crippen LogP contribution in [0.25, 0.3) is 11.1 Å². The predicted octanol–water partition coefficient (Wildman–Crippen LogP) is 2.29. The SMILES string of the molecule is c1nc2ccc(C3CCNCC3)cc2o1. The highest BCUT2D eigenvalue weighted by atomic mass is 16.3. The molecule has 0 saturated carbocycles. The number of aromatic nitrogens is 1. The first-order valence-corrected chi connectivity index (χ1v) is 5.47. The Bertz CT molecular complexity index is 457. The fourth-order valence-electron chi connectivity index (χ4n) is 2.28. The molecule has 0 atom stereocenters. The Balaban J connectivity index is 1.95. The van der Waals surface area contributed by atoms with Gasteiger partial charge in [0.1, 0.15) is 5.52 Å². The number of piperidine rings is 1. The monoisotopic (exact) mass is 202 g/mol. The summed E-state index contributed by atoms with van der Waals surface area (Å²) in [5, 5.41) is 3.38. The van der Waals surface area contributed by atoms with Crippen molar-refractivity contribution in [1.82, 2.24) is 10.3 Å². The van der Waals surface area contributed by atoms with Crippen molar-refractivity contribution in [2.45, 2.75) is 18.8 Å². The summed E-state index contributed by atoms with van der Waals surface area (Å²) in [5.74, 6) is 0.681. The Hall–Kier alpha value is -1.35. The van der Waals surface area contributed by atoms with Gasteiger partial charge >= 0.3 is 0 Å². The fraction of sp³-hybridized carbons (Fsp3) is 0.417. The lowest BCUT2D eigenvalue weighted by Gasteiger charge is -2.22. The molecule has 78 valence electrons. The average molecular weight is 202 g/mol. The van der Waals surface area contributed by atoms with Gasteiger partial charge < -0.3 is 9.73 Å². The van der Waals surface area contributed by atoms with E-state index in [2.05, 4.69) is 28.5 Å². The minimum Gasteiger partial charge on any atom is -0.443 e. The van der Waals surface area contributed by atoms with E-state index in [4.69, 9.17) is 4.42 Å².